The minimum Gasteiger partial charge on any atom is -0.466 e. The standard InChI is InChI=1S/C12H24O3/c1-3-7-11(10-13)8-5-6-9-12(14)15-4-2/h11,13H,3-10H2,1-2H3/t11-/m0/s1. The van der Waals surface area contributed by atoms with Crippen LogP contribution in [0.25, 0.3) is 0 Å². The third-order valence-corrected chi connectivity index (χ3v) is 2.50. The number of aliphatic hydroxyl groups is 1. The van der Waals surface area contributed by atoms with Crippen molar-refractivity contribution in [2.24, 2.45) is 5.92 Å². The molecular formula is C12H24O3. The summed E-state index contributed by atoms with van der Waals surface area (Å²) in [5.41, 5.74) is 0. The first kappa shape index (κ1) is 14.4. The molecule has 1 atom stereocenters. The largest absolute Gasteiger partial charge is 0.466 e. The van der Waals surface area contributed by atoms with Crippen molar-refractivity contribution < 1.29 is 14.6 Å². The highest BCUT2D eigenvalue weighted by molar-refractivity contribution is 5.69. The summed E-state index contributed by atoms with van der Waals surface area (Å²) in [4.78, 5) is 11.0. The van der Waals surface area contributed by atoms with Crippen molar-refractivity contribution >= 4 is 5.97 Å². The maximum atomic E-state index is 11.0. The summed E-state index contributed by atoms with van der Waals surface area (Å²) in [6.45, 7) is 4.68. The quantitative estimate of drug-likeness (QED) is 0.476. The summed E-state index contributed by atoms with van der Waals surface area (Å²) in [5, 5.41) is 9.06. The molecule has 0 aromatic heterocycles. The molecule has 0 aliphatic rings. The Morgan fingerprint density at radius 1 is 1.27 bits per heavy atom. The molecule has 0 amide bonds. The molecule has 0 rings (SSSR count). The fraction of sp³-hybridized carbons (Fsp3) is 0.917. The molecule has 0 saturated heterocycles. The zero-order valence-corrected chi connectivity index (χ0v) is 10.00. The van der Waals surface area contributed by atoms with Gasteiger partial charge in [-0.3, -0.25) is 4.79 Å². The van der Waals surface area contributed by atoms with Crippen LogP contribution in [0.15, 0.2) is 0 Å². The number of ether oxygens (including phenoxy) is 1. The molecule has 0 unspecified atom stereocenters. The van der Waals surface area contributed by atoms with Crippen LogP contribution in [0.1, 0.15) is 52.4 Å². The first-order chi connectivity index (χ1) is 7.24. The Bertz CT molecular complexity index is 157. The average Bonchev–Trinajstić information content (AvgIpc) is 2.23. The SMILES string of the molecule is CCC[C@H](CO)CCCCC(=O)OCC. The van der Waals surface area contributed by atoms with E-state index < -0.39 is 0 Å². The first-order valence-electron chi connectivity index (χ1n) is 6.01. The van der Waals surface area contributed by atoms with Crippen LogP contribution in [-0.2, 0) is 9.53 Å². The number of hydrogen-bond donors (Lipinski definition) is 1. The van der Waals surface area contributed by atoms with Crippen LogP contribution in [0, 0.1) is 5.92 Å². The Hall–Kier alpha value is -0.570. The fourth-order valence-electron chi connectivity index (χ4n) is 1.67. The molecule has 3 heteroatoms. The Labute approximate surface area is 92.8 Å². The van der Waals surface area contributed by atoms with Crippen molar-refractivity contribution in [1.82, 2.24) is 0 Å². The minimum atomic E-state index is -0.103. The van der Waals surface area contributed by atoms with Crippen LogP contribution in [0.3, 0.4) is 0 Å². The predicted octanol–water partition coefficient (Wildman–Crippen LogP) is 2.52. The summed E-state index contributed by atoms with van der Waals surface area (Å²) in [6, 6.07) is 0. The van der Waals surface area contributed by atoms with Gasteiger partial charge in [0.15, 0.2) is 0 Å². The van der Waals surface area contributed by atoms with Crippen LogP contribution in [-0.4, -0.2) is 24.3 Å². The maximum absolute atomic E-state index is 11.0. The average molecular weight is 216 g/mol. The molecule has 0 aliphatic carbocycles. The van der Waals surface area contributed by atoms with E-state index in [1.807, 2.05) is 6.92 Å². The summed E-state index contributed by atoms with van der Waals surface area (Å²) < 4.78 is 4.83. The minimum absolute atomic E-state index is 0.103. The van der Waals surface area contributed by atoms with Crippen molar-refractivity contribution in [3.05, 3.63) is 0 Å². The molecule has 0 heterocycles. The van der Waals surface area contributed by atoms with Crippen molar-refractivity contribution in [3.63, 3.8) is 0 Å². The number of carbonyl (C=O) groups excluding carboxylic acids is 1. The van der Waals surface area contributed by atoms with Crippen molar-refractivity contribution in [3.8, 4) is 0 Å². The predicted molar refractivity (Wildman–Crippen MR) is 60.6 cm³/mol. The smallest absolute Gasteiger partial charge is 0.305 e. The second-order valence-corrected chi connectivity index (χ2v) is 3.89. The summed E-state index contributed by atoms with van der Waals surface area (Å²) in [6.07, 6.45) is 5.60. The van der Waals surface area contributed by atoms with Gasteiger partial charge in [0.25, 0.3) is 0 Å². The highest BCUT2D eigenvalue weighted by atomic mass is 16.5. The molecule has 15 heavy (non-hydrogen) atoms. The van der Waals surface area contributed by atoms with Gasteiger partial charge in [0.05, 0.1) is 6.61 Å². The molecule has 0 fully saturated rings. The molecule has 1 N–H and O–H groups in total. The molecule has 0 radical (unpaired) electrons. The highest BCUT2D eigenvalue weighted by Gasteiger charge is 2.07. The van der Waals surface area contributed by atoms with Gasteiger partial charge in [-0.2, -0.15) is 0 Å². The first-order valence-corrected chi connectivity index (χ1v) is 6.01. The lowest BCUT2D eigenvalue weighted by Gasteiger charge is -2.11. The number of aliphatic hydroxyl groups excluding tert-OH is 1. The normalized spacial score (nSPS) is 12.5. The third-order valence-electron chi connectivity index (χ3n) is 2.50. The highest BCUT2D eigenvalue weighted by Crippen LogP contribution is 2.14. The van der Waals surface area contributed by atoms with E-state index in [-0.39, 0.29) is 12.6 Å². The van der Waals surface area contributed by atoms with E-state index >= 15 is 0 Å². The second-order valence-electron chi connectivity index (χ2n) is 3.89. The van der Waals surface area contributed by atoms with Gasteiger partial charge in [0.2, 0.25) is 0 Å². The monoisotopic (exact) mass is 216 g/mol. The summed E-state index contributed by atoms with van der Waals surface area (Å²) in [7, 11) is 0. The molecule has 0 bridgehead atoms. The number of carbonyl (C=O) groups is 1. The lowest BCUT2D eigenvalue weighted by atomic mass is 9.97. The Morgan fingerprint density at radius 3 is 2.53 bits per heavy atom. The van der Waals surface area contributed by atoms with Gasteiger partial charge in [0, 0.05) is 13.0 Å². The topological polar surface area (TPSA) is 46.5 Å². The van der Waals surface area contributed by atoms with Gasteiger partial charge in [-0.15, -0.1) is 0 Å². The lowest BCUT2D eigenvalue weighted by molar-refractivity contribution is -0.143. The van der Waals surface area contributed by atoms with Gasteiger partial charge >= 0.3 is 5.97 Å². The van der Waals surface area contributed by atoms with E-state index in [0.717, 1.165) is 32.1 Å². The van der Waals surface area contributed by atoms with E-state index in [4.69, 9.17) is 9.84 Å². The van der Waals surface area contributed by atoms with Gasteiger partial charge in [-0.1, -0.05) is 19.8 Å². The molecule has 0 aromatic carbocycles. The van der Waals surface area contributed by atoms with Crippen LogP contribution in [0.4, 0.5) is 0 Å². The van der Waals surface area contributed by atoms with Crippen LogP contribution in [0.5, 0.6) is 0 Å². The molecule has 0 spiro atoms. The van der Waals surface area contributed by atoms with E-state index in [2.05, 4.69) is 6.92 Å². The number of rotatable bonds is 9. The van der Waals surface area contributed by atoms with Crippen molar-refractivity contribution in [1.29, 1.82) is 0 Å². The lowest BCUT2D eigenvalue weighted by Crippen LogP contribution is -2.07. The molecule has 3 nitrogen and oxygen atoms in total. The molecule has 90 valence electrons. The van der Waals surface area contributed by atoms with Gasteiger partial charge in [0.1, 0.15) is 0 Å². The number of unbranched alkanes of at least 4 members (excludes halogenated alkanes) is 1. The fourth-order valence-corrected chi connectivity index (χ4v) is 1.67. The molecule has 0 saturated carbocycles. The maximum Gasteiger partial charge on any atom is 0.305 e. The van der Waals surface area contributed by atoms with E-state index in [1.165, 1.54) is 0 Å². The van der Waals surface area contributed by atoms with Crippen LogP contribution >= 0.6 is 0 Å². The van der Waals surface area contributed by atoms with Crippen molar-refractivity contribution in [2.75, 3.05) is 13.2 Å². The van der Waals surface area contributed by atoms with Crippen LogP contribution in [0.2, 0.25) is 0 Å². The Balaban J connectivity index is 3.39. The van der Waals surface area contributed by atoms with Crippen LogP contribution < -0.4 is 0 Å². The third kappa shape index (κ3) is 8.43. The van der Waals surface area contributed by atoms with Crippen molar-refractivity contribution in [2.45, 2.75) is 52.4 Å². The Kier molecular flexibility index (Phi) is 9.59. The summed E-state index contributed by atoms with van der Waals surface area (Å²) >= 11 is 0. The van der Waals surface area contributed by atoms with Gasteiger partial charge < -0.3 is 9.84 Å². The van der Waals surface area contributed by atoms with Gasteiger partial charge in [-0.05, 0) is 32.1 Å². The number of esters is 1. The molecule has 0 aliphatic heterocycles. The molecular weight excluding hydrogens is 192 g/mol. The van der Waals surface area contributed by atoms with E-state index in [9.17, 15) is 4.79 Å². The zero-order chi connectivity index (χ0) is 11.5. The Morgan fingerprint density at radius 2 is 2.00 bits per heavy atom. The summed E-state index contributed by atoms with van der Waals surface area (Å²) in [5.74, 6) is 0.311. The zero-order valence-electron chi connectivity index (χ0n) is 10.00. The van der Waals surface area contributed by atoms with Gasteiger partial charge in [-0.25, -0.2) is 0 Å². The second kappa shape index (κ2) is 9.97. The number of hydrogen-bond acceptors (Lipinski definition) is 3. The molecule has 0 aromatic rings. The van der Waals surface area contributed by atoms with E-state index in [1.54, 1.807) is 0 Å². The van der Waals surface area contributed by atoms with E-state index in [0.29, 0.717) is 18.9 Å².